The molecule has 2 aromatic carbocycles. The van der Waals surface area contributed by atoms with Gasteiger partial charge in [0, 0.05) is 10.7 Å². The molecular weight excluding hydrogens is 841 g/mol. The molecule has 5 rings (SSSR count). The van der Waals surface area contributed by atoms with Gasteiger partial charge in [-0.05, 0) is 104 Å². The van der Waals surface area contributed by atoms with Crippen molar-refractivity contribution in [2.24, 2.45) is 11.8 Å². The largest absolute Gasteiger partial charge is 0.457 e. The smallest absolute Gasteiger partial charge is 0.339 e. The average Bonchev–Trinajstić information content (AvgIpc) is 3.39. The zero-order valence-corrected chi connectivity index (χ0v) is 25.2. The normalized spacial score (nSPS) is 28.6. The van der Waals surface area contributed by atoms with Crippen LogP contribution in [0.2, 0.25) is 0 Å². The maximum absolute atomic E-state index is 13.1. The minimum absolute atomic E-state index is 0.0506. The molecule has 0 amide bonds. The minimum Gasteiger partial charge on any atom is -0.457 e. The maximum Gasteiger partial charge on any atom is 0.339 e. The highest BCUT2D eigenvalue weighted by Crippen LogP contribution is 2.59. The molecule has 0 saturated carbocycles. The van der Waals surface area contributed by atoms with E-state index in [0.717, 1.165) is 22.8 Å². The first-order valence-electron chi connectivity index (χ1n) is 9.96. The Morgan fingerprint density at radius 2 is 1.74 bits per heavy atom. The molecule has 3 fully saturated rings. The second kappa shape index (κ2) is 9.55. The first-order chi connectivity index (χ1) is 16.5. The highest BCUT2D eigenvalue weighted by atomic mass is 127. The topological polar surface area (TPSA) is 133 Å². The number of carbonyl (C=O) groups excluding carboxylic acids is 3. The fourth-order valence-electron chi connectivity index (χ4n) is 4.49. The highest BCUT2D eigenvalue weighted by Gasteiger charge is 2.71. The van der Waals surface area contributed by atoms with Crippen LogP contribution >= 0.6 is 79.5 Å². The van der Waals surface area contributed by atoms with Gasteiger partial charge in [-0.1, -0.05) is 0 Å². The number of hydrogen-bond donors (Lipinski definition) is 1. The minimum atomic E-state index is -4.39. The Morgan fingerprint density at radius 3 is 2.40 bits per heavy atom. The summed E-state index contributed by atoms with van der Waals surface area (Å²) in [5.74, 6) is -3.35. The number of esters is 3. The van der Waals surface area contributed by atoms with Crippen molar-refractivity contribution in [3.05, 3.63) is 52.7 Å². The van der Waals surface area contributed by atoms with Gasteiger partial charge in [-0.25, -0.2) is 4.79 Å². The number of benzene rings is 2. The van der Waals surface area contributed by atoms with E-state index in [9.17, 15) is 22.8 Å². The van der Waals surface area contributed by atoms with Crippen molar-refractivity contribution < 1.29 is 41.6 Å². The van der Waals surface area contributed by atoms with Crippen LogP contribution < -0.4 is 4.74 Å². The van der Waals surface area contributed by atoms with E-state index in [4.69, 9.17) is 18.8 Å². The predicted octanol–water partition coefficient (Wildman–Crippen LogP) is 3.53. The molecule has 35 heavy (non-hydrogen) atoms. The Balaban J connectivity index is 1.37. The van der Waals surface area contributed by atoms with Crippen molar-refractivity contribution in [3.63, 3.8) is 0 Å². The number of carbonyl (C=O) groups is 3. The summed E-state index contributed by atoms with van der Waals surface area (Å²) in [5, 5.41) is -0.866. The van der Waals surface area contributed by atoms with Gasteiger partial charge in [0.2, 0.25) is 0 Å². The number of fused-ring (bicyclic) bond motifs is 1. The lowest BCUT2D eigenvalue weighted by Gasteiger charge is -2.29. The van der Waals surface area contributed by atoms with Gasteiger partial charge in [-0.15, -0.1) is 11.8 Å². The van der Waals surface area contributed by atoms with Gasteiger partial charge in [-0.2, -0.15) is 8.42 Å². The molecule has 0 aliphatic carbocycles. The summed E-state index contributed by atoms with van der Waals surface area (Å²) >= 11 is 7.71. The number of rotatable bonds is 5. The molecule has 3 aliphatic heterocycles. The molecular formula is C21H13I3O9S2. The summed E-state index contributed by atoms with van der Waals surface area (Å²) in [6, 6.07) is 8.32. The van der Waals surface area contributed by atoms with E-state index in [2.05, 4.69) is 67.8 Å². The predicted molar refractivity (Wildman–Crippen MR) is 148 cm³/mol. The number of thioether (sulfide) groups is 1. The lowest BCUT2D eigenvalue weighted by molar-refractivity contribution is -0.149. The van der Waals surface area contributed by atoms with E-state index in [1.165, 1.54) is 23.9 Å². The summed E-state index contributed by atoms with van der Waals surface area (Å²) in [6.07, 6.45) is -1.45. The van der Waals surface area contributed by atoms with Gasteiger partial charge in [0.25, 0.3) is 10.1 Å². The molecule has 3 saturated heterocycles. The number of halogens is 3. The highest BCUT2D eigenvalue weighted by molar-refractivity contribution is 14.1. The first-order valence-corrected chi connectivity index (χ1v) is 15.6. The van der Waals surface area contributed by atoms with Crippen LogP contribution in [-0.4, -0.2) is 53.6 Å². The molecule has 14 heteroatoms. The lowest BCUT2D eigenvalue weighted by atomic mass is 9.78. The van der Waals surface area contributed by atoms with Crippen LogP contribution in [0.15, 0.2) is 41.3 Å². The van der Waals surface area contributed by atoms with Crippen LogP contribution in [0.1, 0.15) is 10.4 Å². The molecule has 6 unspecified atom stereocenters. The molecule has 1 N–H and O–H groups in total. The van der Waals surface area contributed by atoms with Crippen molar-refractivity contribution in [1.82, 2.24) is 0 Å². The molecule has 0 spiro atoms. The molecule has 184 valence electrons. The van der Waals surface area contributed by atoms with Crippen LogP contribution in [0.5, 0.6) is 5.75 Å². The van der Waals surface area contributed by atoms with E-state index in [0.29, 0.717) is 5.56 Å². The Morgan fingerprint density at radius 1 is 1.06 bits per heavy atom. The Hall–Kier alpha value is -0.700. The lowest BCUT2D eigenvalue weighted by Crippen LogP contribution is -2.48. The fourth-order valence-corrected chi connectivity index (χ4v) is 9.34. The molecule has 2 bridgehead atoms. The quantitative estimate of drug-likeness (QED) is 0.157. The van der Waals surface area contributed by atoms with E-state index >= 15 is 0 Å². The van der Waals surface area contributed by atoms with Crippen LogP contribution in [-0.2, 0) is 29.2 Å². The third kappa shape index (κ3) is 4.70. The molecule has 0 aromatic heterocycles. The van der Waals surface area contributed by atoms with Gasteiger partial charge >= 0.3 is 17.9 Å². The number of hydrogen-bond acceptors (Lipinski definition) is 9. The molecule has 9 nitrogen and oxygen atoms in total. The van der Waals surface area contributed by atoms with Crippen molar-refractivity contribution in [3.8, 4) is 5.75 Å². The summed E-state index contributed by atoms with van der Waals surface area (Å²) in [4.78, 5) is 38.4. The molecule has 3 aliphatic rings. The monoisotopic (exact) mass is 854 g/mol. The summed E-state index contributed by atoms with van der Waals surface area (Å²) in [6.45, 7) is 0. The van der Waals surface area contributed by atoms with Crippen molar-refractivity contribution in [1.29, 1.82) is 0 Å². The zero-order valence-electron chi connectivity index (χ0n) is 17.1. The first kappa shape index (κ1) is 25.9. The van der Waals surface area contributed by atoms with Gasteiger partial charge in [0.1, 0.15) is 5.75 Å². The summed E-state index contributed by atoms with van der Waals surface area (Å²) in [7, 11) is -4.39. The van der Waals surface area contributed by atoms with Crippen LogP contribution in [0.3, 0.4) is 0 Å². The van der Waals surface area contributed by atoms with E-state index in [1.54, 1.807) is 6.07 Å². The van der Waals surface area contributed by atoms with Gasteiger partial charge in [-0.3, -0.25) is 14.1 Å². The SMILES string of the molecule is O=C(OC1C2OC(=O)C3C2SC1C3C(=O)Oc1ccc(S(=O)(=O)O)cc1)c1cc(I)cc(I)c1I. The van der Waals surface area contributed by atoms with E-state index in [1.807, 2.05) is 6.07 Å². The van der Waals surface area contributed by atoms with E-state index in [-0.39, 0.29) is 15.9 Å². The van der Waals surface area contributed by atoms with Crippen molar-refractivity contribution in [2.75, 3.05) is 0 Å². The second-order valence-corrected chi connectivity index (χ2v) is 14.3. The van der Waals surface area contributed by atoms with Gasteiger partial charge in [0.05, 0.1) is 32.8 Å². The standard InChI is InChI=1S/C21H13I3O9S2/c22-7-5-10(14(24)11(23)6-7)19(25)32-15-16-18-13(21(27)33-16)12(17(15)34-18)20(26)31-8-1-3-9(4-2-8)35(28,29)30/h1-6,12-13,15-18H,(H,28,29,30). The molecule has 2 aromatic rings. The van der Waals surface area contributed by atoms with Crippen molar-refractivity contribution in [2.45, 2.75) is 27.6 Å². The Kier molecular flexibility index (Phi) is 7.08. The van der Waals surface area contributed by atoms with E-state index < -0.39 is 57.3 Å². The molecule has 0 radical (unpaired) electrons. The van der Waals surface area contributed by atoms with Gasteiger partial charge < -0.3 is 14.2 Å². The average molecular weight is 854 g/mol. The molecule has 6 atom stereocenters. The Labute approximate surface area is 244 Å². The number of ether oxygens (including phenoxy) is 3. The summed E-state index contributed by atoms with van der Waals surface area (Å²) < 4.78 is 50.8. The van der Waals surface area contributed by atoms with Gasteiger partial charge in [0.15, 0.2) is 12.2 Å². The van der Waals surface area contributed by atoms with Crippen LogP contribution in [0, 0.1) is 22.5 Å². The van der Waals surface area contributed by atoms with Crippen LogP contribution in [0.25, 0.3) is 0 Å². The molecule has 3 heterocycles. The third-order valence-corrected chi connectivity index (χ3v) is 12.3. The fraction of sp³-hybridized carbons (Fsp3) is 0.286. The van der Waals surface area contributed by atoms with Crippen LogP contribution in [0.4, 0.5) is 0 Å². The van der Waals surface area contributed by atoms with Crippen molar-refractivity contribution >= 4 is 108 Å². The third-order valence-electron chi connectivity index (χ3n) is 5.97. The zero-order chi connectivity index (χ0) is 25.2. The second-order valence-electron chi connectivity index (χ2n) is 8.01. The summed E-state index contributed by atoms with van der Waals surface area (Å²) in [5.41, 5.74) is 0.397. The Bertz CT molecular complexity index is 1360. The maximum atomic E-state index is 13.1.